The highest BCUT2D eigenvalue weighted by Gasteiger charge is 2.21. The van der Waals surface area contributed by atoms with Gasteiger partial charge >= 0.3 is 0 Å². The summed E-state index contributed by atoms with van der Waals surface area (Å²) >= 11 is 0. The van der Waals surface area contributed by atoms with Crippen LogP contribution in [0.3, 0.4) is 0 Å². The van der Waals surface area contributed by atoms with Crippen molar-refractivity contribution >= 4 is 11.0 Å². The van der Waals surface area contributed by atoms with Gasteiger partial charge in [0, 0.05) is 31.1 Å². The predicted molar refractivity (Wildman–Crippen MR) is 87.8 cm³/mol. The number of hydrogen-bond donors (Lipinski definition) is 0. The van der Waals surface area contributed by atoms with E-state index in [1.807, 2.05) is 30.3 Å². The molecular formula is C18H17N3O2. The minimum Gasteiger partial charge on any atom is -0.492 e. The second-order valence-electron chi connectivity index (χ2n) is 5.66. The van der Waals surface area contributed by atoms with Gasteiger partial charge in [0.1, 0.15) is 11.4 Å². The number of rotatable bonds is 3. The molecule has 116 valence electrons. The van der Waals surface area contributed by atoms with Gasteiger partial charge in [0.05, 0.1) is 17.6 Å². The summed E-state index contributed by atoms with van der Waals surface area (Å²) in [6, 6.07) is 9.69. The third kappa shape index (κ3) is 2.48. The minimum atomic E-state index is 0.0156. The fourth-order valence-corrected chi connectivity index (χ4v) is 3.10. The summed E-state index contributed by atoms with van der Waals surface area (Å²) in [5.74, 6) is 0.721. The number of hydrogen-bond acceptors (Lipinski definition) is 4. The zero-order valence-corrected chi connectivity index (χ0v) is 12.7. The SMILES string of the molecule is O=c1c2c(c3cccnc3n1CCc1ccccn1)OCCC2. The molecule has 4 rings (SSSR count). The molecule has 0 radical (unpaired) electrons. The van der Waals surface area contributed by atoms with E-state index in [9.17, 15) is 4.79 Å². The lowest BCUT2D eigenvalue weighted by Gasteiger charge is -2.21. The summed E-state index contributed by atoms with van der Waals surface area (Å²) in [5, 5.41) is 0.919. The van der Waals surface area contributed by atoms with Gasteiger partial charge in [-0.2, -0.15) is 0 Å². The molecule has 0 fully saturated rings. The maximum absolute atomic E-state index is 12.9. The summed E-state index contributed by atoms with van der Waals surface area (Å²) < 4.78 is 7.53. The Morgan fingerprint density at radius 3 is 2.91 bits per heavy atom. The van der Waals surface area contributed by atoms with Gasteiger partial charge in [0.25, 0.3) is 5.56 Å². The molecule has 4 heterocycles. The first-order valence-corrected chi connectivity index (χ1v) is 7.88. The molecule has 0 unspecified atom stereocenters. The van der Waals surface area contributed by atoms with E-state index < -0.39 is 0 Å². The molecule has 0 amide bonds. The van der Waals surface area contributed by atoms with Crippen LogP contribution in [-0.2, 0) is 19.4 Å². The van der Waals surface area contributed by atoms with Crippen LogP contribution in [0.1, 0.15) is 17.7 Å². The minimum absolute atomic E-state index is 0.0156. The molecule has 23 heavy (non-hydrogen) atoms. The lowest BCUT2D eigenvalue weighted by atomic mass is 10.1. The van der Waals surface area contributed by atoms with Crippen LogP contribution in [0.15, 0.2) is 47.5 Å². The molecule has 0 aliphatic carbocycles. The Morgan fingerprint density at radius 1 is 1.13 bits per heavy atom. The summed E-state index contributed by atoms with van der Waals surface area (Å²) in [7, 11) is 0. The fourth-order valence-electron chi connectivity index (χ4n) is 3.10. The third-order valence-corrected chi connectivity index (χ3v) is 4.20. The fraction of sp³-hybridized carbons (Fsp3) is 0.278. The zero-order chi connectivity index (χ0) is 15.6. The topological polar surface area (TPSA) is 57.0 Å². The van der Waals surface area contributed by atoms with E-state index in [1.54, 1.807) is 17.0 Å². The lowest BCUT2D eigenvalue weighted by molar-refractivity contribution is 0.290. The second kappa shape index (κ2) is 5.83. The van der Waals surface area contributed by atoms with Gasteiger partial charge < -0.3 is 4.74 Å². The van der Waals surface area contributed by atoms with Crippen molar-refractivity contribution in [2.45, 2.75) is 25.8 Å². The van der Waals surface area contributed by atoms with Crippen molar-refractivity contribution in [2.75, 3.05) is 6.61 Å². The van der Waals surface area contributed by atoms with Gasteiger partial charge in [-0.3, -0.25) is 14.3 Å². The first-order valence-electron chi connectivity index (χ1n) is 7.88. The molecule has 3 aromatic heterocycles. The molecular weight excluding hydrogens is 290 g/mol. The molecule has 0 saturated carbocycles. The normalized spacial score (nSPS) is 13.6. The molecule has 0 spiro atoms. The summed E-state index contributed by atoms with van der Waals surface area (Å²) in [6.07, 6.45) is 5.84. The van der Waals surface area contributed by atoms with Gasteiger partial charge in [-0.15, -0.1) is 0 Å². The third-order valence-electron chi connectivity index (χ3n) is 4.20. The van der Waals surface area contributed by atoms with E-state index in [1.165, 1.54) is 0 Å². The van der Waals surface area contributed by atoms with E-state index in [0.29, 0.717) is 25.2 Å². The smallest absolute Gasteiger partial charge is 0.259 e. The maximum Gasteiger partial charge on any atom is 0.259 e. The van der Waals surface area contributed by atoms with Gasteiger partial charge in [0.2, 0.25) is 0 Å². The van der Waals surface area contributed by atoms with Crippen molar-refractivity contribution in [1.82, 2.24) is 14.5 Å². The Labute approximate surface area is 133 Å². The highest BCUT2D eigenvalue weighted by Crippen LogP contribution is 2.30. The molecule has 1 aliphatic rings. The van der Waals surface area contributed by atoms with Crippen molar-refractivity contribution in [2.24, 2.45) is 0 Å². The molecule has 0 N–H and O–H groups in total. The first-order chi connectivity index (χ1) is 11.3. The Balaban J connectivity index is 1.82. The standard InChI is InChI=1S/C18H17N3O2/c22-18-15-7-4-12-23-16(15)14-6-3-10-20-17(14)21(18)11-8-13-5-1-2-9-19-13/h1-3,5-6,9-10H,4,7-8,11-12H2. The van der Waals surface area contributed by atoms with Crippen LogP contribution in [0.25, 0.3) is 11.0 Å². The van der Waals surface area contributed by atoms with Crippen LogP contribution in [0.4, 0.5) is 0 Å². The van der Waals surface area contributed by atoms with Crippen LogP contribution in [0.2, 0.25) is 0 Å². The van der Waals surface area contributed by atoms with Gasteiger partial charge in [-0.1, -0.05) is 6.07 Å². The highest BCUT2D eigenvalue weighted by atomic mass is 16.5. The quantitative estimate of drug-likeness (QED) is 0.745. The van der Waals surface area contributed by atoms with Crippen molar-refractivity contribution in [3.8, 4) is 5.75 Å². The number of fused-ring (bicyclic) bond motifs is 3. The summed E-state index contributed by atoms with van der Waals surface area (Å²) in [4.78, 5) is 21.6. The lowest BCUT2D eigenvalue weighted by Crippen LogP contribution is -2.29. The molecule has 0 bridgehead atoms. The van der Waals surface area contributed by atoms with Gasteiger partial charge in [-0.25, -0.2) is 4.98 Å². The van der Waals surface area contributed by atoms with Crippen LogP contribution in [0, 0.1) is 0 Å². The number of pyridine rings is 3. The summed E-state index contributed by atoms with van der Waals surface area (Å²) in [5.41, 5.74) is 2.45. The number of ether oxygens (including phenoxy) is 1. The molecule has 3 aromatic rings. The predicted octanol–water partition coefficient (Wildman–Crippen LogP) is 2.36. The van der Waals surface area contributed by atoms with Crippen molar-refractivity contribution in [3.05, 3.63) is 64.3 Å². The average Bonchev–Trinajstić information content (AvgIpc) is 2.63. The largest absolute Gasteiger partial charge is 0.492 e. The van der Waals surface area contributed by atoms with Gasteiger partial charge in [-0.05, 0) is 37.1 Å². The monoisotopic (exact) mass is 307 g/mol. The molecule has 0 saturated heterocycles. The number of nitrogens with zero attached hydrogens (tertiary/aromatic N) is 3. The van der Waals surface area contributed by atoms with E-state index >= 15 is 0 Å². The van der Waals surface area contributed by atoms with Crippen molar-refractivity contribution < 1.29 is 4.74 Å². The van der Waals surface area contributed by atoms with Crippen LogP contribution < -0.4 is 10.3 Å². The van der Waals surface area contributed by atoms with E-state index in [2.05, 4.69) is 9.97 Å². The maximum atomic E-state index is 12.9. The van der Waals surface area contributed by atoms with E-state index in [4.69, 9.17) is 4.74 Å². The second-order valence-corrected chi connectivity index (χ2v) is 5.66. The number of aromatic nitrogens is 3. The molecule has 5 heteroatoms. The van der Waals surface area contributed by atoms with Crippen molar-refractivity contribution in [1.29, 1.82) is 0 Å². The summed E-state index contributed by atoms with van der Waals surface area (Å²) in [6.45, 7) is 1.23. The average molecular weight is 307 g/mol. The Morgan fingerprint density at radius 2 is 2.04 bits per heavy atom. The Bertz CT molecular complexity index is 903. The molecule has 5 nitrogen and oxygen atoms in total. The highest BCUT2D eigenvalue weighted by molar-refractivity contribution is 5.83. The first kappa shape index (κ1) is 13.9. The number of aryl methyl sites for hydroxylation is 2. The molecule has 0 atom stereocenters. The Hall–Kier alpha value is -2.69. The van der Waals surface area contributed by atoms with Crippen LogP contribution >= 0.6 is 0 Å². The van der Waals surface area contributed by atoms with E-state index in [-0.39, 0.29) is 5.56 Å². The van der Waals surface area contributed by atoms with Crippen molar-refractivity contribution in [3.63, 3.8) is 0 Å². The zero-order valence-electron chi connectivity index (χ0n) is 12.7. The van der Waals surface area contributed by atoms with Crippen LogP contribution in [0.5, 0.6) is 5.75 Å². The Kier molecular flexibility index (Phi) is 3.54. The van der Waals surface area contributed by atoms with Crippen LogP contribution in [-0.4, -0.2) is 21.1 Å². The van der Waals surface area contributed by atoms with Gasteiger partial charge in [0.15, 0.2) is 0 Å². The van der Waals surface area contributed by atoms with E-state index in [0.717, 1.165) is 35.2 Å². The molecule has 0 aromatic carbocycles. The molecule has 1 aliphatic heterocycles.